The highest BCUT2D eigenvalue weighted by atomic mass is 16.5. The van der Waals surface area contributed by atoms with Crippen LogP contribution in [0.1, 0.15) is 90.8 Å². The first-order valence-corrected chi connectivity index (χ1v) is 53.1. The van der Waals surface area contributed by atoms with Gasteiger partial charge in [0.15, 0.2) is 0 Å². The van der Waals surface area contributed by atoms with E-state index < -0.39 is 18.3 Å². The Morgan fingerprint density at radius 1 is 0.301 bits per heavy atom. The van der Waals surface area contributed by atoms with Crippen molar-refractivity contribution in [1.82, 2.24) is 79.5 Å². The molecule has 9 heterocycles. The van der Waals surface area contributed by atoms with Gasteiger partial charge in [-0.1, -0.05) is 200 Å². The fourth-order valence-electron chi connectivity index (χ4n) is 20.8. The van der Waals surface area contributed by atoms with Crippen molar-refractivity contribution < 1.29 is 53.5 Å². The van der Waals surface area contributed by atoms with Gasteiger partial charge >= 0.3 is 0 Å². The zero-order valence-corrected chi connectivity index (χ0v) is 84.7. The van der Waals surface area contributed by atoms with Gasteiger partial charge in [-0.05, 0) is 183 Å². The molecule has 0 bridgehead atoms. The van der Waals surface area contributed by atoms with Crippen molar-refractivity contribution in [2.24, 2.45) is 5.92 Å². The molecule has 12 aromatic rings. The highest BCUT2D eigenvalue weighted by molar-refractivity contribution is 5.88. The third-order valence-electron chi connectivity index (χ3n) is 29.1. The molecule has 0 aliphatic carbocycles. The van der Waals surface area contributed by atoms with Crippen molar-refractivity contribution in [3.63, 3.8) is 0 Å². The molecule has 6 aliphatic heterocycles. The predicted molar refractivity (Wildman–Crippen MR) is 576 cm³/mol. The summed E-state index contributed by atoms with van der Waals surface area (Å²) < 4.78 is 17.9. The molecule has 27 nitrogen and oxygen atoms in total. The number of carbonyl (C=O) groups excluding carboxylic acids is 5. The minimum atomic E-state index is -0.619. The quantitative estimate of drug-likeness (QED) is 0.0237. The molecular formula is C119H148N16O11. The molecule has 0 unspecified atom stereocenters. The number of nitrogens with zero attached hydrogens (tertiary/aromatic N) is 14. The summed E-state index contributed by atoms with van der Waals surface area (Å²) in [4.78, 5) is 103. The van der Waals surface area contributed by atoms with Crippen LogP contribution in [-0.4, -0.2) is 354 Å². The van der Waals surface area contributed by atoms with E-state index in [1.807, 2.05) is 130 Å². The average Bonchev–Trinajstić information content (AvgIpc) is 0.808. The van der Waals surface area contributed by atoms with Crippen molar-refractivity contribution in [3.05, 3.63) is 325 Å². The smallest absolute Gasteiger partial charge is 0.236 e. The fourth-order valence-corrected chi connectivity index (χ4v) is 20.8. The number of pyridine rings is 3. The minimum Gasteiger partial charge on any atom is -0.490 e. The summed E-state index contributed by atoms with van der Waals surface area (Å²) in [5.41, 5.74) is 10.5. The van der Waals surface area contributed by atoms with Crippen LogP contribution in [0.4, 0.5) is 0 Å². The summed E-state index contributed by atoms with van der Waals surface area (Å²) in [6.45, 7) is 20.2. The number of hydrogen-bond acceptors (Lipinski definition) is 22. The second-order valence-corrected chi connectivity index (χ2v) is 39.9. The van der Waals surface area contributed by atoms with Crippen molar-refractivity contribution in [3.8, 4) is 17.2 Å². The number of ether oxygens (including phenoxy) is 3. The van der Waals surface area contributed by atoms with Crippen molar-refractivity contribution in [2.45, 2.75) is 113 Å². The van der Waals surface area contributed by atoms with E-state index in [9.17, 15) is 39.3 Å². The van der Waals surface area contributed by atoms with E-state index in [4.69, 9.17) is 14.2 Å². The number of hydrogen-bond donors (Lipinski definition) is 5. The summed E-state index contributed by atoms with van der Waals surface area (Å²) in [6, 6.07) is 92.9. The molecule has 18 rings (SSSR count). The number of rotatable bonds is 45. The Balaban J connectivity index is 0.000000157. The van der Waals surface area contributed by atoms with Gasteiger partial charge in [-0.25, -0.2) is 0 Å². The molecule has 6 saturated heterocycles. The van der Waals surface area contributed by atoms with Gasteiger partial charge in [-0.15, -0.1) is 0 Å². The van der Waals surface area contributed by atoms with Gasteiger partial charge in [-0.3, -0.25) is 78.1 Å². The van der Waals surface area contributed by atoms with Gasteiger partial charge in [0.1, 0.15) is 55.4 Å². The SMILES string of the molecule is O=C(CN1CCN(C(=O)CN2CCN(C[C@@H](O)COc3cccc4ncccc34)CC2)CC1)NC(CCCc1ccccc1)CCCc1ccccc1.O=C(CN1CCN(C[C@@H](O)COc2cccc3ncccc23)CC1)N1CCN(C(c2ccccc2)c2ccccc2)CC1.O=C(NC(CCCc1ccccc1)CCCc1ccccc1)C1CN(C(=O)CN2CCN(C[C@@H](O)COc3cccc4ncccc34)CC2)C1. The Morgan fingerprint density at radius 2 is 0.589 bits per heavy atom. The van der Waals surface area contributed by atoms with E-state index in [0.29, 0.717) is 85.1 Å². The number of benzene rings is 9. The Bertz CT molecular complexity index is 5790. The number of aliphatic hydroxyl groups is 3. The topological polar surface area (TPSA) is 272 Å². The lowest BCUT2D eigenvalue weighted by molar-refractivity contribution is -0.144. The lowest BCUT2D eigenvalue weighted by Gasteiger charge is -2.41. The van der Waals surface area contributed by atoms with E-state index >= 15 is 0 Å². The summed E-state index contributed by atoms with van der Waals surface area (Å²) in [6.07, 6.45) is 15.5. The lowest BCUT2D eigenvalue weighted by atomic mass is 9.95. The van der Waals surface area contributed by atoms with Gasteiger partial charge in [0.25, 0.3) is 0 Å². The maximum atomic E-state index is 13.3. The number of amides is 5. The molecule has 0 saturated carbocycles. The van der Waals surface area contributed by atoms with Crippen LogP contribution in [-0.2, 0) is 49.7 Å². The Morgan fingerprint density at radius 3 is 0.925 bits per heavy atom. The lowest BCUT2D eigenvalue weighted by Crippen LogP contribution is -2.59. The van der Waals surface area contributed by atoms with Gasteiger partial charge in [0, 0.05) is 210 Å². The standard InChI is InChI=1S/C43H56N6O4.C41H51N5O4.C35H41N5O3/c50-38(34-53-41-21-9-20-40-39(41)19-10-22-44-40)31-46-23-25-48(26-24-46)33-43(52)49-29-27-47(28-30-49)32-42(51)45-37(17-7-15-35-11-3-1-4-12-35)18-8-16-36-13-5-2-6-14-36;47-36(31-50-39-21-9-20-38-37(39)19-10-22-42-38)29-44-23-25-45(26-24-44)30-40(48)46-27-34(28-46)41(49)43-35(17-7-15-32-11-3-1-4-12-32)18-8-16-33-13-5-2-6-14-33;41-30(27-43-33-15-7-14-32-31(33)13-8-16-36-32)25-37-17-19-38(20-18-37)26-34(42)39-21-23-40(24-22-39)35(28-9-3-1-4-10-28)29-11-5-2-6-12-29/h1-6,9-14,19-22,37-38,50H,7-8,15-18,23-34H2,(H,45,51);1-6,9-14,19-22,34-36,47H,7-8,15-18,23-31H2,(H,43,49);1-16,30,35,41H,17-27H2/t38-;36-;30-/m111/s1. The molecule has 3 aromatic heterocycles. The average molecular weight is 1980 g/mol. The minimum absolute atomic E-state index is 0.0757. The number of piperazine rings is 5. The first kappa shape index (κ1) is 106. The molecule has 6 aliphatic rings. The maximum Gasteiger partial charge on any atom is 0.236 e. The Labute approximate surface area is 861 Å². The van der Waals surface area contributed by atoms with E-state index in [1.54, 1.807) is 18.6 Å². The van der Waals surface area contributed by atoms with Crippen molar-refractivity contribution in [2.75, 3.05) is 210 Å². The largest absolute Gasteiger partial charge is 0.490 e. The number of likely N-dealkylation sites (tertiary alicyclic amines) is 1. The molecule has 6 fully saturated rings. The highest BCUT2D eigenvalue weighted by Crippen LogP contribution is 2.32. The zero-order valence-electron chi connectivity index (χ0n) is 84.7. The normalized spacial score (nSPS) is 16.8. The zero-order chi connectivity index (χ0) is 101. The third-order valence-corrected chi connectivity index (χ3v) is 29.1. The van der Waals surface area contributed by atoms with Gasteiger partial charge in [-0.2, -0.15) is 0 Å². The van der Waals surface area contributed by atoms with Gasteiger partial charge < -0.3 is 54.9 Å². The van der Waals surface area contributed by atoms with Gasteiger partial charge in [0.05, 0.1) is 54.7 Å². The first-order chi connectivity index (χ1) is 71.6. The molecule has 27 heteroatoms. The summed E-state index contributed by atoms with van der Waals surface area (Å²) >= 11 is 0. The first-order valence-electron chi connectivity index (χ1n) is 53.1. The maximum absolute atomic E-state index is 13.3. The van der Waals surface area contributed by atoms with Crippen molar-refractivity contribution >= 4 is 62.2 Å². The van der Waals surface area contributed by atoms with Crippen LogP contribution in [0, 0.1) is 5.92 Å². The molecule has 0 spiro atoms. The Hall–Kier alpha value is -12.5. The third kappa shape index (κ3) is 33.3. The molecule has 770 valence electrons. The molecular weight excluding hydrogens is 1830 g/mol. The van der Waals surface area contributed by atoms with Crippen LogP contribution < -0.4 is 24.8 Å². The number of aliphatic hydroxyl groups excluding tert-OH is 3. The second-order valence-electron chi connectivity index (χ2n) is 39.9. The molecule has 5 amide bonds. The van der Waals surface area contributed by atoms with E-state index in [2.05, 4.69) is 223 Å². The fraction of sp³-hybridized carbons (Fsp3) is 0.429. The predicted octanol–water partition coefficient (Wildman–Crippen LogP) is 12.4. The number of fused-ring (bicyclic) bond motifs is 3. The summed E-state index contributed by atoms with van der Waals surface area (Å²) in [5, 5.41) is 41.6. The molecule has 5 N–H and O–H groups in total. The number of carbonyl (C=O) groups is 5. The second kappa shape index (κ2) is 56.4. The van der Waals surface area contributed by atoms with Crippen LogP contribution in [0.5, 0.6) is 17.2 Å². The van der Waals surface area contributed by atoms with E-state index in [0.717, 1.165) is 232 Å². The monoisotopic (exact) mass is 1980 g/mol. The Kier molecular flexibility index (Phi) is 41.1. The van der Waals surface area contributed by atoms with E-state index in [1.165, 1.54) is 33.4 Å². The number of nitrogens with one attached hydrogen (secondary N) is 2. The van der Waals surface area contributed by atoms with Crippen LogP contribution in [0.2, 0.25) is 0 Å². The summed E-state index contributed by atoms with van der Waals surface area (Å²) in [5.74, 6) is 2.65. The van der Waals surface area contributed by atoms with Crippen molar-refractivity contribution in [1.29, 1.82) is 0 Å². The number of aromatic nitrogens is 3. The molecule has 0 radical (unpaired) electrons. The number of β-amino-alcohol motifs (C(OH)–C–C–N with tert-alkyl or cyclic N) is 3. The van der Waals surface area contributed by atoms with Gasteiger partial charge in [0.2, 0.25) is 29.5 Å². The van der Waals surface area contributed by atoms with Crippen LogP contribution >= 0.6 is 0 Å². The molecule has 3 atom stereocenters. The molecule has 9 aromatic carbocycles. The van der Waals surface area contributed by atoms with E-state index in [-0.39, 0.29) is 73.4 Å². The molecule has 146 heavy (non-hydrogen) atoms. The van der Waals surface area contributed by atoms with Crippen LogP contribution in [0.15, 0.2) is 292 Å². The van der Waals surface area contributed by atoms with Crippen LogP contribution in [0.3, 0.4) is 0 Å². The highest BCUT2D eigenvalue weighted by Gasteiger charge is 2.38. The summed E-state index contributed by atoms with van der Waals surface area (Å²) in [7, 11) is 0. The number of aryl methyl sites for hydroxylation is 4. The van der Waals surface area contributed by atoms with Crippen LogP contribution in [0.25, 0.3) is 32.7 Å².